The molecular formula is C10H11OS. The molecule has 1 nitrogen and oxygen atoms in total. The average Bonchev–Trinajstić information content (AvgIpc) is 2.15. The molecule has 2 heteroatoms. The maximum Gasteiger partial charge on any atom is 0.198 e. The van der Waals surface area contributed by atoms with Crippen LogP contribution in [0.4, 0.5) is 0 Å². The van der Waals surface area contributed by atoms with Crippen molar-refractivity contribution in [1.82, 2.24) is 0 Å². The van der Waals surface area contributed by atoms with Crippen LogP contribution in [-0.2, 0) is 11.2 Å². The van der Waals surface area contributed by atoms with Crippen LogP contribution in [0.15, 0.2) is 29.2 Å². The molecule has 0 saturated heterocycles. The standard InChI is InChI=1S/C10H11OS/c1-12-10-6-4-9(5-7-10)3-2-8-11/h4-7H,2-3H2,1H3. The van der Waals surface area contributed by atoms with E-state index >= 15 is 0 Å². The van der Waals surface area contributed by atoms with E-state index in [2.05, 4.69) is 24.3 Å². The van der Waals surface area contributed by atoms with Crippen LogP contribution in [-0.4, -0.2) is 12.5 Å². The summed E-state index contributed by atoms with van der Waals surface area (Å²) in [5, 5.41) is 0. The van der Waals surface area contributed by atoms with Gasteiger partial charge in [-0.05, 0) is 30.4 Å². The molecule has 0 atom stereocenters. The number of aryl methyl sites for hydroxylation is 1. The second-order valence-electron chi connectivity index (χ2n) is 2.49. The zero-order chi connectivity index (χ0) is 8.81. The predicted octanol–water partition coefficient (Wildman–Crippen LogP) is 2.45. The molecule has 0 aliphatic rings. The number of hydrogen-bond donors (Lipinski definition) is 0. The minimum atomic E-state index is 0.499. The van der Waals surface area contributed by atoms with E-state index in [0.717, 1.165) is 6.42 Å². The maximum atomic E-state index is 9.97. The van der Waals surface area contributed by atoms with Gasteiger partial charge < -0.3 is 0 Å². The highest BCUT2D eigenvalue weighted by Crippen LogP contribution is 2.15. The Morgan fingerprint density at radius 3 is 2.50 bits per heavy atom. The minimum absolute atomic E-state index is 0.499. The molecule has 1 aromatic carbocycles. The Balaban J connectivity index is 2.58. The van der Waals surface area contributed by atoms with Crippen LogP contribution in [0, 0.1) is 0 Å². The van der Waals surface area contributed by atoms with E-state index in [1.165, 1.54) is 10.5 Å². The van der Waals surface area contributed by atoms with Crippen LogP contribution in [0.2, 0.25) is 0 Å². The molecule has 63 valence electrons. The lowest BCUT2D eigenvalue weighted by Crippen LogP contribution is -1.84. The fourth-order valence-corrected chi connectivity index (χ4v) is 1.40. The zero-order valence-electron chi connectivity index (χ0n) is 7.04. The van der Waals surface area contributed by atoms with Crippen molar-refractivity contribution in [1.29, 1.82) is 0 Å². The van der Waals surface area contributed by atoms with E-state index in [-0.39, 0.29) is 0 Å². The second-order valence-corrected chi connectivity index (χ2v) is 3.37. The van der Waals surface area contributed by atoms with E-state index in [1.807, 2.05) is 12.5 Å². The van der Waals surface area contributed by atoms with Gasteiger partial charge in [-0.15, -0.1) is 11.8 Å². The summed E-state index contributed by atoms with van der Waals surface area (Å²) in [6.07, 6.45) is 5.24. The summed E-state index contributed by atoms with van der Waals surface area (Å²) in [7, 11) is 0. The van der Waals surface area contributed by atoms with Gasteiger partial charge in [-0.1, -0.05) is 12.1 Å². The van der Waals surface area contributed by atoms with Crippen molar-refractivity contribution in [3.8, 4) is 0 Å². The Bertz CT molecular complexity index is 241. The van der Waals surface area contributed by atoms with Gasteiger partial charge in [0.15, 0.2) is 6.29 Å². The Morgan fingerprint density at radius 2 is 2.00 bits per heavy atom. The van der Waals surface area contributed by atoms with Crippen molar-refractivity contribution in [2.75, 3.05) is 6.26 Å². The van der Waals surface area contributed by atoms with Crippen LogP contribution in [0.5, 0.6) is 0 Å². The van der Waals surface area contributed by atoms with Gasteiger partial charge in [0, 0.05) is 11.3 Å². The number of rotatable bonds is 4. The van der Waals surface area contributed by atoms with Crippen molar-refractivity contribution >= 4 is 18.0 Å². The van der Waals surface area contributed by atoms with Crippen molar-refractivity contribution in [3.05, 3.63) is 29.8 Å². The van der Waals surface area contributed by atoms with Gasteiger partial charge in [-0.2, -0.15) is 0 Å². The molecule has 0 saturated carbocycles. The van der Waals surface area contributed by atoms with Gasteiger partial charge in [0.1, 0.15) is 0 Å². The van der Waals surface area contributed by atoms with E-state index in [4.69, 9.17) is 0 Å². The van der Waals surface area contributed by atoms with Crippen LogP contribution < -0.4 is 0 Å². The Hall–Kier alpha value is -0.760. The fourth-order valence-electron chi connectivity index (χ4n) is 0.988. The van der Waals surface area contributed by atoms with Gasteiger partial charge >= 0.3 is 0 Å². The molecule has 0 spiro atoms. The van der Waals surface area contributed by atoms with Crippen molar-refractivity contribution in [2.24, 2.45) is 0 Å². The molecule has 0 N–H and O–H groups in total. The topological polar surface area (TPSA) is 17.1 Å². The summed E-state index contributed by atoms with van der Waals surface area (Å²) in [6, 6.07) is 8.27. The Kier molecular flexibility index (Phi) is 3.88. The molecule has 1 radical (unpaired) electrons. The molecule has 1 rings (SSSR count). The fraction of sp³-hybridized carbons (Fsp3) is 0.300. The normalized spacial score (nSPS) is 9.75. The number of thioether (sulfide) groups is 1. The lowest BCUT2D eigenvalue weighted by Gasteiger charge is -1.98. The molecule has 0 heterocycles. The van der Waals surface area contributed by atoms with Crippen LogP contribution in [0.3, 0.4) is 0 Å². The summed E-state index contributed by atoms with van der Waals surface area (Å²) in [5.74, 6) is 0. The van der Waals surface area contributed by atoms with E-state index in [0.29, 0.717) is 6.42 Å². The summed E-state index contributed by atoms with van der Waals surface area (Å²) in [6.45, 7) is 0. The molecule has 0 amide bonds. The average molecular weight is 179 g/mol. The Morgan fingerprint density at radius 1 is 1.33 bits per heavy atom. The summed E-state index contributed by atoms with van der Waals surface area (Å²) in [4.78, 5) is 11.2. The number of carbonyl (C=O) groups excluding carboxylic acids is 1. The van der Waals surface area contributed by atoms with Crippen LogP contribution in [0.25, 0.3) is 0 Å². The first-order valence-electron chi connectivity index (χ1n) is 3.84. The van der Waals surface area contributed by atoms with Crippen molar-refractivity contribution in [3.63, 3.8) is 0 Å². The molecule has 0 aliphatic carbocycles. The smallest absolute Gasteiger partial charge is 0.198 e. The largest absolute Gasteiger partial charge is 0.291 e. The summed E-state index contributed by atoms with van der Waals surface area (Å²) in [5.41, 5.74) is 1.20. The molecule has 0 aliphatic heterocycles. The van der Waals surface area contributed by atoms with Gasteiger partial charge in [-0.3, -0.25) is 4.79 Å². The Labute approximate surface area is 77.2 Å². The zero-order valence-corrected chi connectivity index (χ0v) is 7.86. The van der Waals surface area contributed by atoms with Crippen LogP contribution in [0.1, 0.15) is 12.0 Å². The molecule has 0 aromatic heterocycles. The lowest BCUT2D eigenvalue weighted by atomic mass is 10.1. The van der Waals surface area contributed by atoms with E-state index in [1.54, 1.807) is 11.8 Å². The number of hydrogen-bond acceptors (Lipinski definition) is 2. The molecule has 0 bridgehead atoms. The molecule has 0 fully saturated rings. The minimum Gasteiger partial charge on any atom is -0.291 e. The monoisotopic (exact) mass is 179 g/mol. The van der Waals surface area contributed by atoms with Gasteiger partial charge in [-0.25, -0.2) is 0 Å². The molecule has 12 heavy (non-hydrogen) atoms. The quantitative estimate of drug-likeness (QED) is 0.660. The van der Waals surface area contributed by atoms with Crippen molar-refractivity contribution < 1.29 is 4.79 Å². The highest BCUT2D eigenvalue weighted by atomic mass is 32.2. The first-order valence-corrected chi connectivity index (χ1v) is 5.07. The van der Waals surface area contributed by atoms with Gasteiger partial charge in [0.05, 0.1) is 0 Å². The predicted molar refractivity (Wildman–Crippen MR) is 52.2 cm³/mol. The number of benzene rings is 1. The molecule has 0 unspecified atom stereocenters. The second kappa shape index (κ2) is 4.99. The lowest BCUT2D eigenvalue weighted by molar-refractivity contribution is 0.551. The third-order valence-corrected chi connectivity index (χ3v) is 2.42. The van der Waals surface area contributed by atoms with E-state index < -0.39 is 0 Å². The van der Waals surface area contributed by atoms with Gasteiger partial charge in [0.2, 0.25) is 0 Å². The van der Waals surface area contributed by atoms with Crippen molar-refractivity contribution in [2.45, 2.75) is 17.7 Å². The molecule has 1 aromatic rings. The first kappa shape index (κ1) is 9.33. The summed E-state index contributed by atoms with van der Waals surface area (Å²) >= 11 is 1.72. The van der Waals surface area contributed by atoms with E-state index in [9.17, 15) is 4.79 Å². The maximum absolute atomic E-state index is 9.97. The summed E-state index contributed by atoms with van der Waals surface area (Å²) < 4.78 is 0. The third kappa shape index (κ3) is 2.70. The molecular weight excluding hydrogens is 168 g/mol. The van der Waals surface area contributed by atoms with Gasteiger partial charge in [0.25, 0.3) is 0 Å². The third-order valence-electron chi connectivity index (χ3n) is 1.67. The van der Waals surface area contributed by atoms with Crippen LogP contribution >= 0.6 is 11.8 Å². The first-order chi connectivity index (χ1) is 5.86. The highest BCUT2D eigenvalue weighted by Gasteiger charge is 1.92. The SMILES string of the molecule is CSc1ccc(CC[C]=O)cc1. The highest BCUT2D eigenvalue weighted by molar-refractivity contribution is 7.98.